The standard InChI is InChI=1S/C25H21F3N4O4S2/c1-13(36-19-9-8-16(27)10-18(19)28)22-30-31-25(32(22)2)38-12-20(33)29-23-21(24(34)35-3)17(11-37-23)14-4-6-15(26)7-5-14/h4-11,13H,12H2,1-3H3,(H,29,33). The number of halogens is 3. The molecule has 1 atom stereocenters. The maximum Gasteiger partial charge on any atom is 0.341 e. The Morgan fingerprint density at radius 3 is 2.50 bits per heavy atom. The summed E-state index contributed by atoms with van der Waals surface area (Å²) in [7, 11) is 2.90. The monoisotopic (exact) mass is 562 g/mol. The fourth-order valence-corrected chi connectivity index (χ4v) is 5.20. The first-order valence-electron chi connectivity index (χ1n) is 11.1. The molecule has 38 heavy (non-hydrogen) atoms. The Kier molecular flexibility index (Phi) is 8.37. The van der Waals surface area contributed by atoms with Crippen LogP contribution in [0.4, 0.5) is 18.2 Å². The van der Waals surface area contributed by atoms with Gasteiger partial charge in [0.1, 0.15) is 22.2 Å². The lowest BCUT2D eigenvalue weighted by Gasteiger charge is -2.14. The van der Waals surface area contributed by atoms with E-state index in [1.807, 2.05) is 0 Å². The molecule has 0 aliphatic rings. The zero-order valence-electron chi connectivity index (χ0n) is 20.3. The molecule has 0 fully saturated rings. The van der Waals surface area contributed by atoms with Crippen LogP contribution in [-0.2, 0) is 16.6 Å². The highest BCUT2D eigenvalue weighted by Gasteiger charge is 2.23. The molecule has 0 radical (unpaired) electrons. The number of hydrogen-bond donors (Lipinski definition) is 1. The van der Waals surface area contributed by atoms with Crippen molar-refractivity contribution in [1.82, 2.24) is 14.8 Å². The summed E-state index contributed by atoms with van der Waals surface area (Å²) in [6.45, 7) is 1.64. The minimum atomic E-state index is -0.840. The summed E-state index contributed by atoms with van der Waals surface area (Å²) in [5, 5.41) is 13.2. The summed E-state index contributed by atoms with van der Waals surface area (Å²) >= 11 is 2.24. The molecular weight excluding hydrogens is 541 g/mol. The third-order valence-corrected chi connectivity index (χ3v) is 7.27. The first-order valence-corrected chi connectivity index (χ1v) is 12.9. The van der Waals surface area contributed by atoms with Gasteiger partial charge in [0.2, 0.25) is 5.91 Å². The van der Waals surface area contributed by atoms with Gasteiger partial charge in [-0.3, -0.25) is 4.79 Å². The predicted octanol–water partition coefficient (Wildman–Crippen LogP) is 5.62. The molecule has 0 bridgehead atoms. The molecule has 0 saturated heterocycles. The number of hydrogen-bond acceptors (Lipinski definition) is 8. The Labute approximate surface area is 223 Å². The van der Waals surface area contributed by atoms with E-state index in [1.165, 1.54) is 37.4 Å². The van der Waals surface area contributed by atoms with E-state index >= 15 is 0 Å². The van der Waals surface area contributed by atoms with Gasteiger partial charge >= 0.3 is 5.97 Å². The van der Waals surface area contributed by atoms with Gasteiger partial charge in [-0.1, -0.05) is 23.9 Å². The van der Waals surface area contributed by atoms with Crippen molar-refractivity contribution < 1.29 is 32.2 Å². The van der Waals surface area contributed by atoms with E-state index < -0.39 is 35.4 Å². The third kappa shape index (κ3) is 6.00. The van der Waals surface area contributed by atoms with Gasteiger partial charge in [0, 0.05) is 24.1 Å². The fraction of sp³-hybridized carbons (Fsp3) is 0.200. The van der Waals surface area contributed by atoms with Crippen molar-refractivity contribution in [2.24, 2.45) is 7.05 Å². The first kappa shape index (κ1) is 27.2. The van der Waals surface area contributed by atoms with E-state index in [4.69, 9.17) is 9.47 Å². The molecule has 0 spiro atoms. The number of anilines is 1. The maximum atomic E-state index is 13.9. The number of ether oxygens (including phenoxy) is 2. The van der Waals surface area contributed by atoms with Crippen LogP contribution < -0.4 is 10.1 Å². The SMILES string of the molecule is COC(=O)c1c(-c2ccc(F)cc2)csc1NC(=O)CSc1nnc(C(C)Oc2ccc(F)cc2F)n1C. The molecule has 1 amide bonds. The number of nitrogens with one attached hydrogen (secondary N) is 1. The number of benzene rings is 2. The Bertz CT molecular complexity index is 1470. The van der Waals surface area contributed by atoms with E-state index in [1.54, 1.807) is 23.9 Å². The maximum absolute atomic E-state index is 13.9. The molecular formula is C25H21F3N4O4S2. The smallest absolute Gasteiger partial charge is 0.341 e. The predicted molar refractivity (Wildman–Crippen MR) is 137 cm³/mol. The average Bonchev–Trinajstić information content (AvgIpc) is 3.47. The second-order valence-electron chi connectivity index (χ2n) is 7.92. The summed E-state index contributed by atoms with van der Waals surface area (Å²) in [5.74, 6) is -2.84. The topological polar surface area (TPSA) is 95.3 Å². The Balaban J connectivity index is 1.43. The second kappa shape index (κ2) is 11.7. The van der Waals surface area contributed by atoms with Crippen LogP contribution in [0.3, 0.4) is 0 Å². The minimum Gasteiger partial charge on any atom is -0.480 e. The number of nitrogens with zero attached hydrogens (tertiary/aromatic N) is 3. The molecule has 0 aliphatic heterocycles. The van der Waals surface area contributed by atoms with Gasteiger partial charge in [-0.05, 0) is 36.8 Å². The van der Waals surface area contributed by atoms with Crippen molar-refractivity contribution in [3.63, 3.8) is 0 Å². The van der Waals surface area contributed by atoms with Crippen LogP contribution in [0.5, 0.6) is 5.75 Å². The Morgan fingerprint density at radius 1 is 1.11 bits per heavy atom. The molecule has 2 aromatic carbocycles. The molecule has 1 N–H and O–H groups in total. The normalized spacial score (nSPS) is 11.7. The van der Waals surface area contributed by atoms with Gasteiger partial charge in [-0.15, -0.1) is 21.5 Å². The van der Waals surface area contributed by atoms with E-state index in [0.717, 1.165) is 35.2 Å². The lowest BCUT2D eigenvalue weighted by Crippen LogP contribution is -2.16. The van der Waals surface area contributed by atoms with E-state index in [-0.39, 0.29) is 17.1 Å². The van der Waals surface area contributed by atoms with Gasteiger partial charge in [0.05, 0.1) is 12.9 Å². The highest BCUT2D eigenvalue weighted by atomic mass is 32.2. The first-order chi connectivity index (χ1) is 18.2. The number of amides is 1. The number of thioether (sulfide) groups is 1. The van der Waals surface area contributed by atoms with Crippen molar-refractivity contribution in [2.75, 3.05) is 18.2 Å². The molecule has 4 aromatic rings. The van der Waals surface area contributed by atoms with Crippen LogP contribution in [0.25, 0.3) is 11.1 Å². The van der Waals surface area contributed by atoms with Crippen LogP contribution in [0.1, 0.15) is 29.2 Å². The number of rotatable bonds is 9. The number of carbonyl (C=O) groups is 2. The van der Waals surface area contributed by atoms with Gasteiger partial charge in [-0.2, -0.15) is 0 Å². The number of carbonyl (C=O) groups excluding carboxylic acids is 2. The third-order valence-electron chi connectivity index (χ3n) is 5.35. The Hall–Kier alpha value is -3.84. The van der Waals surface area contributed by atoms with Crippen molar-refractivity contribution in [3.8, 4) is 16.9 Å². The van der Waals surface area contributed by atoms with E-state index in [2.05, 4.69) is 15.5 Å². The molecule has 4 rings (SSSR count). The lowest BCUT2D eigenvalue weighted by atomic mass is 10.0. The minimum absolute atomic E-state index is 0.0573. The van der Waals surface area contributed by atoms with E-state index in [9.17, 15) is 22.8 Å². The van der Waals surface area contributed by atoms with Gasteiger partial charge in [0.15, 0.2) is 28.7 Å². The van der Waals surface area contributed by atoms with Crippen LogP contribution in [-0.4, -0.2) is 39.5 Å². The van der Waals surface area contributed by atoms with E-state index in [0.29, 0.717) is 27.1 Å². The molecule has 13 heteroatoms. The summed E-state index contributed by atoms with van der Waals surface area (Å²) in [6.07, 6.45) is -0.714. The van der Waals surface area contributed by atoms with Crippen LogP contribution in [0, 0.1) is 17.5 Å². The second-order valence-corrected chi connectivity index (χ2v) is 9.75. The summed E-state index contributed by atoms with van der Waals surface area (Å²) < 4.78 is 52.5. The van der Waals surface area contributed by atoms with Crippen molar-refractivity contribution in [2.45, 2.75) is 18.2 Å². The Morgan fingerprint density at radius 2 is 1.82 bits per heavy atom. The highest BCUT2D eigenvalue weighted by Crippen LogP contribution is 2.36. The number of esters is 1. The molecule has 8 nitrogen and oxygen atoms in total. The zero-order chi connectivity index (χ0) is 27.4. The van der Waals surface area contributed by atoms with Crippen LogP contribution in [0.2, 0.25) is 0 Å². The summed E-state index contributed by atoms with van der Waals surface area (Å²) in [5.41, 5.74) is 1.28. The summed E-state index contributed by atoms with van der Waals surface area (Å²) in [6, 6.07) is 8.62. The molecule has 0 aliphatic carbocycles. The van der Waals surface area contributed by atoms with Crippen LogP contribution >= 0.6 is 23.1 Å². The molecule has 2 aromatic heterocycles. The number of aromatic nitrogens is 3. The fourth-order valence-electron chi connectivity index (χ4n) is 3.51. The lowest BCUT2D eigenvalue weighted by molar-refractivity contribution is -0.113. The van der Waals surface area contributed by atoms with Gasteiger partial charge < -0.3 is 19.4 Å². The summed E-state index contributed by atoms with van der Waals surface area (Å²) in [4.78, 5) is 25.2. The highest BCUT2D eigenvalue weighted by molar-refractivity contribution is 7.99. The quantitative estimate of drug-likeness (QED) is 0.209. The van der Waals surface area contributed by atoms with Crippen molar-refractivity contribution in [1.29, 1.82) is 0 Å². The molecule has 198 valence electrons. The van der Waals surface area contributed by atoms with Crippen LogP contribution in [0.15, 0.2) is 53.0 Å². The van der Waals surface area contributed by atoms with Crippen molar-refractivity contribution >= 4 is 40.0 Å². The van der Waals surface area contributed by atoms with Crippen molar-refractivity contribution in [3.05, 3.63) is 76.7 Å². The molecule has 0 saturated carbocycles. The average molecular weight is 563 g/mol. The van der Waals surface area contributed by atoms with Gasteiger partial charge in [-0.25, -0.2) is 18.0 Å². The molecule has 2 heterocycles. The molecule has 1 unspecified atom stereocenters. The number of thiophene rings is 1. The number of methoxy groups -OCH3 is 1. The zero-order valence-corrected chi connectivity index (χ0v) is 22.0. The largest absolute Gasteiger partial charge is 0.480 e. The van der Waals surface area contributed by atoms with Gasteiger partial charge in [0.25, 0.3) is 0 Å².